The van der Waals surface area contributed by atoms with Gasteiger partial charge in [0, 0.05) is 17.5 Å². The number of rotatable bonds is 8. The Bertz CT molecular complexity index is 656. The molecule has 144 valence electrons. The summed E-state index contributed by atoms with van der Waals surface area (Å²) in [7, 11) is 0. The first-order valence-corrected chi connectivity index (χ1v) is 10.2. The molecule has 0 amide bonds. The lowest BCUT2D eigenvalue weighted by atomic mass is 9.96. The van der Waals surface area contributed by atoms with Crippen LogP contribution in [0.5, 0.6) is 5.75 Å². The zero-order chi connectivity index (χ0) is 17.6. The highest BCUT2D eigenvalue weighted by Gasteiger charge is 2.27. The molecule has 2 aromatic rings. The molecule has 0 spiro atoms. The highest BCUT2D eigenvalue weighted by atomic mass is 35.5. The van der Waals surface area contributed by atoms with E-state index in [1.807, 2.05) is 24.3 Å². The Morgan fingerprint density at radius 1 is 1.23 bits per heavy atom. The van der Waals surface area contributed by atoms with Crippen molar-refractivity contribution < 1.29 is 9.84 Å². The summed E-state index contributed by atoms with van der Waals surface area (Å²) in [5, 5.41) is 16.1. The van der Waals surface area contributed by atoms with E-state index in [0.29, 0.717) is 25.1 Å². The maximum atomic E-state index is 10.4. The number of halogens is 1. The first kappa shape index (κ1) is 21.2. The van der Waals surface area contributed by atoms with Crippen LogP contribution in [0.4, 0.5) is 0 Å². The third-order valence-corrected chi connectivity index (χ3v) is 6.02. The van der Waals surface area contributed by atoms with Crippen LogP contribution in [0.2, 0.25) is 0 Å². The molecule has 2 atom stereocenters. The van der Waals surface area contributed by atoms with Crippen molar-refractivity contribution in [2.45, 2.75) is 51.7 Å². The van der Waals surface area contributed by atoms with E-state index in [0.717, 1.165) is 11.3 Å². The fourth-order valence-electron chi connectivity index (χ4n) is 3.63. The topological polar surface area (TPSA) is 41.5 Å². The largest absolute Gasteiger partial charge is 0.491 e. The summed E-state index contributed by atoms with van der Waals surface area (Å²) in [6.45, 7) is 4.97. The average molecular weight is 396 g/mol. The minimum atomic E-state index is -0.510. The third kappa shape index (κ3) is 5.71. The molecule has 3 nitrogen and oxygen atoms in total. The van der Waals surface area contributed by atoms with Gasteiger partial charge in [-0.2, -0.15) is 0 Å². The molecule has 1 aromatic carbocycles. The summed E-state index contributed by atoms with van der Waals surface area (Å²) >= 11 is 1.81. The Morgan fingerprint density at radius 3 is 2.69 bits per heavy atom. The van der Waals surface area contributed by atoms with Crippen LogP contribution in [0, 0.1) is 19.8 Å². The van der Waals surface area contributed by atoms with Crippen LogP contribution in [-0.2, 0) is 0 Å². The SMILES string of the molecule is Cc1ccc(C)c(OCC(O)CNC(c2cccs2)C2CCCC2)c1.Cl. The third-order valence-electron chi connectivity index (χ3n) is 5.07. The molecule has 26 heavy (non-hydrogen) atoms. The van der Waals surface area contributed by atoms with Gasteiger partial charge in [-0.25, -0.2) is 0 Å². The predicted molar refractivity (Wildman–Crippen MR) is 112 cm³/mol. The summed E-state index contributed by atoms with van der Waals surface area (Å²) in [5.41, 5.74) is 2.28. The molecule has 1 aromatic heterocycles. The molecular formula is C21H30ClNO2S. The molecule has 0 aliphatic heterocycles. The summed E-state index contributed by atoms with van der Waals surface area (Å²) in [6.07, 6.45) is 4.71. The summed E-state index contributed by atoms with van der Waals surface area (Å²) in [4.78, 5) is 1.38. The lowest BCUT2D eigenvalue weighted by Gasteiger charge is -2.25. The molecule has 1 heterocycles. The number of aryl methyl sites for hydroxylation is 2. The maximum Gasteiger partial charge on any atom is 0.122 e. The molecule has 0 bridgehead atoms. The Hall–Kier alpha value is -1.07. The van der Waals surface area contributed by atoms with Gasteiger partial charge in [0.25, 0.3) is 0 Å². The maximum absolute atomic E-state index is 10.4. The monoisotopic (exact) mass is 395 g/mol. The zero-order valence-corrected chi connectivity index (χ0v) is 17.2. The van der Waals surface area contributed by atoms with Gasteiger partial charge in [0.1, 0.15) is 18.5 Å². The van der Waals surface area contributed by atoms with Crippen molar-refractivity contribution in [2.24, 2.45) is 5.92 Å². The number of ether oxygens (including phenoxy) is 1. The van der Waals surface area contributed by atoms with Gasteiger partial charge in [0.15, 0.2) is 0 Å². The number of aliphatic hydroxyl groups is 1. The second-order valence-electron chi connectivity index (χ2n) is 7.18. The van der Waals surface area contributed by atoms with Crippen LogP contribution in [0.15, 0.2) is 35.7 Å². The average Bonchev–Trinajstić information content (AvgIpc) is 3.30. The van der Waals surface area contributed by atoms with Crippen LogP contribution < -0.4 is 10.1 Å². The smallest absolute Gasteiger partial charge is 0.122 e. The molecule has 1 aliphatic rings. The van der Waals surface area contributed by atoms with Gasteiger partial charge in [-0.15, -0.1) is 23.7 Å². The van der Waals surface area contributed by atoms with E-state index in [1.165, 1.54) is 36.1 Å². The first-order valence-electron chi connectivity index (χ1n) is 9.28. The Labute approximate surface area is 167 Å². The zero-order valence-electron chi connectivity index (χ0n) is 15.6. The highest BCUT2D eigenvalue weighted by Crippen LogP contribution is 2.37. The fourth-order valence-corrected chi connectivity index (χ4v) is 4.52. The number of hydrogen-bond donors (Lipinski definition) is 2. The first-order chi connectivity index (χ1) is 12.1. The van der Waals surface area contributed by atoms with Crippen molar-refractivity contribution in [3.8, 4) is 5.75 Å². The minimum absolute atomic E-state index is 0. The lowest BCUT2D eigenvalue weighted by Crippen LogP contribution is -2.36. The quantitative estimate of drug-likeness (QED) is 0.657. The Kier molecular flexibility index (Phi) is 8.42. The molecule has 1 aliphatic carbocycles. The van der Waals surface area contributed by atoms with Crippen LogP contribution in [0.1, 0.15) is 47.7 Å². The van der Waals surface area contributed by atoms with Crippen LogP contribution in [0.25, 0.3) is 0 Å². The Morgan fingerprint density at radius 2 is 2.00 bits per heavy atom. The minimum Gasteiger partial charge on any atom is -0.491 e. The highest BCUT2D eigenvalue weighted by molar-refractivity contribution is 7.10. The summed E-state index contributed by atoms with van der Waals surface area (Å²) in [5.74, 6) is 1.55. The van der Waals surface area contributed by atoms with E-state index in [2.05, 4.69) is 41.9 Å². The van der Waals surface area contributed by atoms with E-state index in [-0.39, 0.29) is 12.4 Å². The van der Waals surface area contributed by atoms with Gasteiger partial charge >= 0.3 is 0 Å². The normalized spacial score (nSPS) is 16.9. The number of thiophene rings is 1. The van der Waals surface area contributed by atoms with Gasteiger partial charge in [-0.1, -0.05) is 31.0 Å². The molecule has 1 fully saturated rings. The van der Waals surface area contributed by atoms with E-state index >= 15 is 0 Å². The predicted octanol–water partition coefficient (Wildman–Crippen LogP) is 5.05. The van der Waals surface area contributed by atoms with Crippen LogP contribution in [0.3, 0.4) is 0 Å². The molecular weight excluding hydrogens is 366 g/mol. The molecule has 2 unspecified atom stereocenters. The van der Waals surface area contributed by atoms with Crippen molar-refractivity contribution in [3.63, 3.8) is 0 Å². The number of aliphatic hydroxyl groups excluding tert-OH is 1. The van der Waals surface area contributed by atoms with Crippen LogP contribution >= 0.6 is 23.7 Å². The standard InChI is InChI=1S/C21H29NO2S.ClH/c1-15-9-10-16(2)19(12-15)24-14-18(23)13-22-21(17-6-3-4-7-17)20-8-5-11-25-20;/h5,8-12,17-18,21-23H,3-4,6-7,13-14H2,1-2H3;1H. The Balaban J connectivity index is 0.00000243. The van der Waals surface area contributed by atoms with E-state index < -0.39 is 6.10 Å². The van der Waals surface area contributed by atoms with E-state index in [1.54, 1.807) is 0 Å². The van der Waals surface area contributed by atoms with Gasteiger partial charge in [0.05, 0.1) is 0 Å². The van der Waals surface area contributed by atoms with Crippen molar-refractivity contribution in [1.82, 2.24) is 5.32 Å². The second kappa shape index (κ2) is 10.3. The molecule has 3 rings (SSSR count). The summed E-state index contributed by atoms with van der Waals surface area (Å²) < 4.78 is 5.84. The lowest BCUT2D eigenvalue weighted by molar-refractivity contribution is 0.101. The molecule has 5 heteroatoms. The molecule has 1 saturated carbocycles. The van der Waals surface area contributed by atoms with Crippen molar-refractivity contribution in [3.05, 3.63) is 51.7 Å². The van der Waals surface area contributed by atoms with Gasteiger partial charge in [-0.3, -0.25) is 0 Å². The number of hydrogen-bond acceptors (Lipinski definition) is 4. The van der Waals surface area contributed by atoms with E-state index in [4.69, 9.17) is 4.74 Å². The van der Waals surface area contributed by atoms with Crippen molar-refractivity contribution in [1.29, 1.82) is 0 Å². The number of benzene rings is 1. The van der Waals surface area contributed by atoms with Crippen molar-refractivity contribution >= 4 is 23.7 Å². The second-order valence-corrected chi connectivity index (χ2v) is 8.16. The van der Waals surface area contributed by atoms with Gasteiger partial charge < -0.3 is 15.2 Å². The number of nitrogens with one attached hydrogen (secondary N) is 1. The van der Waals surface area contributed by atoms with Gasteiger partial charge in [0.2, 0.25) is 0 Å². The fraction of sp³-hybridized carbons (Fsp3) is 0.524. The van der Waals surface area contributed by atoms with E-state index in [9.17, 15) is 5.11 Å². The summed E-state index contributed by atoms with van der Waals surface area (Å²) in [6, 6.07) is 10.8. The van der Waals surface area contributed by atoms with Gasteiger partial charge in [-0.05, 0) is 61.2 Å². The molecule has 0 radical (unpaired) electrons. The van der Waals surface area contributed by atoms with Crippen LogP contribution in [-0.4, -0.2) is 24.4 Å². The van der Waals surface area contributed by atoms with Crippen molar-refractivity contribution in [2.75, 3.05) is 13.2 Å². The molecule has 2 N–H and O–H groups in total. The molecule has 0 saturated heterocycles.